The topological polar surface area (TPSA) is 120 Å². The van der Waals surface area contributed by atoms with Crippen LogP contribution >= 0.6 is 0 Å². The predicted octanol–water partition coefficient (Wildman–Crippen LogP) is 2.17. The number of benzene rings is 1. The zero-order valence-electron chi connectivity index (χ0n) is 17.3. The van der Waals surface area contributed by atoms with E-state index in [2.05, 4.69) is 19.7 Å². The van der Waals surface area contributed by atoms with E-state index in [1.54, 1.807) is 12.1 Å². The Balaban J connectivity index is 1.62. The van der Waals surface area contributed by atoms with E-state index in [9.17, 15) is 9.59 Å². The van der Waals surface area contributed by atoms with E-state index in [4.69, 9.17) is 11.5 Å². The highest BCUT2D eigenvalue weighted by Gasteiger charge is 2.29. The van der Waals surface area contributed by atoms with E-state index in [1.165, 1.54) is 12.8 Å². The van der Waals surface area contributed by atoms with Crippen LogP contribution in [-0.2, 0) is 11.3 Å². The molecular formula is C22H30N6O2. The summed E-state index contributed by atoms with van der Waals surface area (Å²) >= 11 is 0. The predicted molar refractivity (Wildman–Crippen MR) is 114 cm³/mol. The molecule has 1 aliphatic heterocycles. The number of carbonyl (C=O) groups is 2. The van der Waals surface area contributed by atoms with Crippen molar-refractivity contribution in [2.24, 2.45) is 17.4 Å². The van der Waals surface area contributed by atoms with Gasteiger partial charge in [-0.3, -0.25) is 14.2 Å². The zero-order chi connectivity index (χ0) is 21.1. The van der Waals surface area contributed by atoms with Crippen LogP contribution < -0.4 is 16.4 Å². The van der Waals surface area contributed by atoms with Crippen molar-refractivity contribution < 1.29 is 9.59 Å². The van der Waals surface area contributed by atoms with Crippen molar-refractivity contribution >= 4 is 17.8 Å². The number of aromatic nitrogens is 3. The van der Waals surface area contributed by atoms with E-state index >= 15 is 0 Å². The molecule has 1 aliphatic carbocycles. The van der Waals surface area contributed by atoms with Crippen LogP contribution in [0.25, 0.3) is 0 Å². The Morgan fingerprint density at radius 1 is 1.00 bits per heavy atom. The number of amides is 2. The van der Waals surface area contributed by atoms with Gasteiger partial charge in [0.1, 0.15) is 5.82 Å². The minimum Gasteiger partial charge on any atom is -0.370 e. The van der Waals surface area contributed by atoms with Crippen LogP contribution in [-0.4, -0.2) is 39.7 Å². The second kappa shape index (κ2) is 8.85. The summed E-state index contributed by atoms with van der Waals surface area (Å²) in [6.45, 7) is 2.31. The molecule has 2 heterocycles. The molecule has 0 bridgehead atoms. The van der Waals surface area contributed by atoms with Gasteiger partial charge < -0.3 is 16.4 Å². The average Bonchev–Trinajstić information content (AvgIpc) is 3.38. The molecule has 1 unspecified atom stereocenters. The Hall–Kier alpha value is -2.90. The SMILES string of the molecule is NC(=O)CC1CCCN(c2nnc(C3CCCC3)n2Cc2ccc(C(N)=O)cc2)C1. The summed E-state index contributed by atoms with van der Waals surface area (Å²) in [4.78, 5) is 25.0. The number of hydrogen-bond donors (Lipinski definition) is 2. The lowest BCUT2D eigenvalue weighted by molar-refractivity contribution is -0.118. The van der Waals surface area contributed by atoms with E-state index in [0.29, 0.717) is 24.4 Å². The van der Waals surface area contributed by atoms with Gasteiger partial charge in [0, 0.05) is 31.0 Å². The molecule has 4 N–H and O–H groups in total. The number of carbonyl (C=O) groups excluding carboxylic acids is 2. The number of nitrogens with zero attached hydrogens (tertiary/aromatic N) is 4. The Morgan fingerprint density at radius 3 is 2.40 bits per heavy atom. The highest BCUT2D eigenvalue weighted by molar-refractivity contribution is 5.92. The molecule has 1 aromatic carbocycles. The molecule has 2 fully saturated rings. The number of primary amides is 2. The maximum Gasteiger partial charge on any atom is 0.248 e. The lowest BCUT2D eigenvalue weighted by Crippen LogP contribution is -2.38. The van der Waals surface area contributed by atoms with E-state index < -0.39 is 5.91 Å². The highest BCUT2D eigenvalue weighted by atomic mass is 16.1. The summed E-state index contributed by atoms with van der Waals surface area (Å²) in [5.41, 5.74) is 12.4. The second-order valence-electron chi connectivity index (χ2n) is 8.61. The highest BCUT2D eigenvalue weighted by Crippen LogP contribution is 2.35. The molecule has 8 nitrogen and oxygen atoms in total. The van der Waals surface area contributed by atoms with Gasteiger partial charge in [0.05, 0.1) is 6.54 Å². The molecular weight excluding hydrogens is 380 g/mol. The third-order valence-electron chi connectivity index (χ3n) is 6.35. The molecule has 4 rings (SSSR count). The van der Waals surface area contributed by atoms with Crippen LogP contribution in [0.15, 0.2) is 24.3 Å². The van der Waals surface area contributed by atoms with Crippen molar-refractivity contribution in [1.29, 1.82) is 0 Å². The molecule has 1 atom stereocenters. The largest absolute Gasteiger partial charge is 0.370 e. The normalized spacial score (nSPS) is 19.9. The molecule has 30 heavy (non-hydrogen) atoms. The minimum absolute atomic E-state index is 0.246. The Labute approximate surface area is 176 Å². The molecule has 2 aliphatic rings. The van der Waals surface area contributed by atoms with Gasteiger partial charge in [-0.1, -0.05) is 25.0 Å². The summed E-state index contributed by atoms with van der Waals surface area (Å²) < 4.78 is 2.22. The first-order chi connectivity index (χ1) is 14.5. The van der Waals surface area contributed by atoms with Gasteiger partial charge in [0.2, 0.25) is 17.8 Å². The van der Waals surface area contributed by atoms with E-state index in [0.717, 1.165) is 56.1 Å². The summed E-state index contributed by atoms with van der Waals surface area (Å²) in [5.74, 6) is 1.92. The lowest BCUT2D eigenvalue weighted by Gasteiger charge is -2.33. The molecule has 160 valence electrons. The molecule has 2 aromatic rings. The summed E-state index contributed by atoms with van der Waals surface area (Å²) in [6, 6.07) is 7.41. The Morgan fingerprint density at radius 2 is 1.73 bits per heavy atom. The molecule has 1 saturated heterocycles. The molecule has 8 heteroatoms. The van der Waals surface area contributed by atoms with Gasteiger partial charge in [0.25, 0.3) is 0 Å². The number of nitrogens with two attached hydrogens (primary N) is 2. The van der Waals surface area contributed by atoms with Gasteiger partial charge in [-0.2, -0.15) is 0 Å². The van der Waals surface area contributed by atoms with Crippen LogP contribution in [0.5, 0.6) is 0 Å². The lowest BCUT2D eigenvalue weighted by atomic mass is 9.95. The second-order valence-corrected chi connectivity index (χ2v) is 8.61. The number of rotatable bonds is 7. The van der Waals surface area contributed by atoms with Crippen molar-refractivity contribution in [1.82, 2.24) is 14.8 Å². The average molecular weight is 411 g/mol. The summed E-state index contributed by atoms with van der Waals surface area (Å²) in [5, 5.41) is 9.20. The van der Waals surface area contributed by atoms with Crippen LogP contribution in [0.4, 0.5) is 5.95 Å². The number of piperidine rings is 1. The first-order valence-corrected chi connectivity index (χ1v) is 10.9. The van der Waals surface area contributed by atoms with Crippen molar-refractivity contribution in [2.75, 3.05) is 18.0 Å². The Bertz CT molecular complexity index is 901. The van der Waals surface area contributed by atoms with Gasteiger partial charge in [-0.05, 0) is 49.3 Å². The molecule has 0 spiro atoms. The standard InChI is InChI=1S/C22H30N6O2/c23-19(29)12-16-4-3-11-27(13-16)22-26-25-21(18-5-1-2-6-18)28(22)14-15-7-9-17(10-8-15)20(24)30/h7-10,16,18H,1-6,11-14H2,(H2,23,29)(H2,24,30). The fraction of sp³-hybridized carbons (Fsp3) is 0.545. The number of anilines is 1. The minimum atomic E-state index is -0.424. The summed E-state index contributed by atoms with van der Waals surface area (Å²) in [7, 11) is 0. The first-order valence-electron chi connectivity index (χ1n) is 10.9. The third-order valence-corrected chi connectivity index (χ3v) is 6.35. The third kappa shape index (κ3) is 4.47. The van der Waals surface area contributed by atoms with Crippen LogP contribution in [0.2, 0.25) is 0 Å². The van der Waals surface area contributed by atoms with Gasteiger partial charge in [-0.15, -0.1) is 10.2 Å². The van der Waals surface area contributed by atoms with Crippen molar-refractivity contribution in [3.05, 3.63) is 41.2 Å². The smallest absolute Gasteiger partial charge is 0.248 e. The molecule has 0 radical (unpaired) electrons. The zero-order valence-corrected chi connectivity index (χ0v) is 17.3. The van der Waals surface area contributed by atoms with Crippen LogP contribution in [0, 0.1) is 5.92 Å². The fourth-order valence-electron chi connectivity index (χ4n) is 4.83. The fourth-order valence-corrected chi connectivity index (χ4v) is 4.83. The first kappa shape index (κ1) is 20.4. The summed E-state index contributed by atoms with van der Waals surface area (Å²) in [6.07, 6.45) is 7.17. The van der Waals surface area contributed by atoms with Crippen LogP contribution in [0.3, 0.4) is 0 Å². The van der Waals surface area contributed by atoms with Gasteiger partial charge in [0.15, 0.2) is 0 Å². The molecule has 2 amide bonds. The maximum atomic E-state index is 11.4. The van der Waals surface area contributed by atoms with Crippen molar-refractivity contribution in [2.45, 2.75) is 57.4 Å². The number of hydrogen-bond acceptors (Lipinski definition) is 5. The van der Waals surface area contributed by atoms with Crippen molar-refractivity contribution in [3.63, 3.8) is 0 Å². The van der Waals surface area contributed by atoms with E-state index in [1.807, 2.05) is 12.1 Å². The maximum absolute atomic E-state index is 11.4. The quantitative estimate of drug-likeness (QED) is 0.725. The van der Waals surface area contributed by atoms with Gasteiger partial charge >= 0.3 is 0 Å². The Kier molecular flexibility index (Phi) is 6.01. The van der Waals surface area contributed by atoms with E-state index in [-0.39, 0.29) is 11.8 Å². The van der Waals surface area contributed by atoms with Crippen molar-refractivity contribution in [3.8, 4) is 0 Å². The monoisotopic (exact) mass is 410 g/mol. The van der Waals surface area contributed by atoms with Crippen LogP contribution in [0.1, 0.15) is 72.6 Å². The van der Waals surface area contributed by atoms with Gasteiger partial charge in [-0.25, -0.2) is 0 Å². The molecule has 1 aromatic heterocycles. The molecule has 1 saturated carbocycles.